The van der Waals surface area contributed by atoms with E-state index in [1.165, 1.54) is 5.56 Å². The minimum absolute atomic E-state index is 0.383. The number of piperidine rings is 1. The fourth-order valence-corrected chi connectivity index (χ4v) is 4.10. The van der Waals surface area contributed by atoms with Crippen LogP contribution in [0.1, 0.15) is 38.2 Å². The van der Waals surface area contributed by atoms with Crippen LogP contribution in [0.4, 0.5) is 0 Å². The van der Waals surface area contributed by atoms with Gasteiger partial charge in [-0.15, -0.1) is 0 Å². The molecule has 0 bridgehead atoms. The third-order valence-corrected chi connectivity index (χ3v) is 5.87. The smallest absolute Gasteiger partial charge is 0.0677 e. The van der Waals surface area contributed by atoms with Gasteiger partial charge in [-0.3, -0.25) is 0 Å². The first-order valence-corrected chi connectivity index (χ1v) is 8.50. The molecule has 1 aromatic carbocycles. The number of hydrogen-bond acceptors (Lipinski definition) is 2. The van der Waals surface area contributed by atoms with Crippen molar-refractivity contribution in [2.24, 2.45) is 0 Å². The second kappa shape index (κ2) is 5.65. The Hall–Kier alpha value is -0.840. The number of aliphatic hydroxyl groups is 1. The summed E-state index contributed by atoms with van der Waals surface area (Å²) in [6, 6.07) is 7.85. The van der Waals surface area contributed by atoms with Crippen molar-refractivity contribution in [1.82, 2.24) is 4.31 Å². The Morgan fingerprint density at radius 2 is 2.00 bits per heavy atom. The molecule has 1 saturated heterocycles. The minimum atomic E-state index is -2.46. The Bertz CT molecular complexity index is 520. The van der Waals surface area contributed by atoms with E-state index in [0.717, 1.165) is 24.3 Å². The summed E-state index contributed by atoms with van der Waals surface area (Å²) in [7, 11) is -2.46. The molecule has 1 N–H and O–H groups in total. The zero-order valence-electron chi connectivity index (χ0n) is 11.7. The number of aliphatic hydroxyl groups excluding tert-OH is 1. The molecular weight excluding hydrogens is 258 g/mol. The highest BCUT2D eigenvalue weighted by Crippen LogP contribution is 2.23. The van der Waals surface area contributed by atoms with E-state index in [1.807, 2.05) is 28.6 Å². The monoisotopic (exact) mass is 281 g/mol. The first-order chi connectivity index (χ1) is 8.91. The molecule has 1 aliphatic heterocycles. The van der Waals surface area contributed by atoms with Crippen LogP contribution < -0.4 is 0 Å². The van der Waals surface area contributed by atoms with Crippen molar-refractivity contribution in [3.8, 4) is 0 Å². The maximum absolute atomic E-state index is 12.9. The Morgan fingerprint density at radius 3 is 2.53 bits per heavy atom. The van der Waals surface area contributed by atoms with Gasteiger partial charge in [-0.2, -0.15) is 0 Å². The molecule has 0 radical (unpaired) electrons. The summed E-state index contributed by atoms with van der Waals surface area (Å²) in [5.41, 5.74) is 1.23. The first kappa shape index (κ1) is 14.6. The van der Waals surface area contributed by atoms with Crippen molar-refractivity contribution in [3.05, 3.63) is 29.8 Å². The van der Waals surface area contributed by atoms with Crippen molar-refractivity contribution in [2.45, 2.75) is 43.6 Å². The van der Waals surface area contributed by atoms with E-state index in [4.69, 9.17) is 0 Å². The number of benzene rings is 1. The third kappa shape index (κ3) is 3.19. The second-order valence-electron chi connectivity index (χ2n) is 5.55. The van der Waals surface area contributed by atoms with Gasteiger partial charge in [0.2, 0.25) is 0 Å². The lowest BCUT2D eigenvalue weighted by atomic mass is 10.0. The Labute approximate surface area is 116 Å². The van der Waals surface area contributed by atoms with Gasteiger partial charge in [0.1, 0.15) is 0 Å². The SMILES string of the molecule is C=S(=O)(c1ccc(C(C)C)cc1)N1CCCC(O)C1. The summed E-state index contributed by atoms with van der Waals surface area (Å²) in [4.78, 5) is 0.756. The summed E-state index contributed by atoms with van der Waals surface area (Å²) < 4.78 is 14.7. The lowest BCUT2D eigenvalue weighted by molar-refractivity contribution is 0.110. The van der Waals surface area contributed by atoms with E-state index >= 15 is 0 Å². The molecule has 0 spiro atoms. The molecule has 3 nitrogen and oxygen atoms in total. The third-order valence-electron chi connectivity index (χ3n) is 3.69. The molecule has 19 heavy (non-hydrogen) atoms. The number of β-amino-alcohol motifs (C(OH)–C–C–N with tert-alkyl or cyclic N) is 1. The molecule has 0 aromatic heterocycles. The fraction of sp³-hybridized carbons (Fsp3) is 0.533. The fourth-order valence-electron chi connectivity index (χ4n) is 2.40. The van der Waals surface area contributed by atoms with Crippen LogP contribution in [0.2, 0.25) is 0 Å². The average molecular weight is 281 g/mol. The second-order valence-corrected chi connectivity index (χ2v) is 7.82. The largest absolute Gasteiger partial charge is 0.392 e. The Balaban J connectivity index is 2.23. The number of nitrogens with zero attached hydrogens (tertiary/aromatic N) is 1. The first-order valence-electron chi connectivity index (χ1n) is 6.81. The molecule has 1 heterocycles. The average Bonchev–Trinajstić information content (AvgIpc) is 2.39. The zero-order chi connectivity index (χ0) is 14.0. The van der Waals surface area contributed by atoms with Crippen molar-refractivity contribution in [1.29, 1.82) is 0 Å². The van der Waals surface area contributed by atoms with E-state index in [1.54, 1.807) is 0 Å². The maximum Gasteiger partial charge on any atom is 0.0677 e. The van der Waals surface area contributed by atoms with Crippen LogP contribution in [-0.4, -0.2) is 38.7 Å². The molecule has 2 rings (SSSR count). The van der Waals surface area contributed by atoms with Gasteiger partial charge in [0.05, 0.1) is 15.8 Å². The normalized spacial score (nSPS) is 24.3. The van der Waals surface area contributed by atoms with Gasteiger partial charge < -0.3 is 5.11 Å². The van der Waals surface area contributed by atoms with E-state index in [0.29, 0.717) is 12.5 Å². The van der Waals surface area contributed by atoms with Crippen LogP contribution in [0, 0.1) is 0 Å². The molecular formula is C15H23NO2S. The molecule has 0 aliphatic carbocycles. The van der Waals surface area contributed by atoms with Gasteiger partial charge in [0.25, 0.3) is 0 Å². The highest BCUT2D eigenvalue weighted by Gasteiger charge is 2.25. The highest BCUT2D eigenvalue weighted by atomic mass is 32.2. The predicted octanol–water partition coefficient (Wildman–Crippen LogP) is 2.26. The van der Waals surface area contributed by atoms with E-state index in [2.05, 4.69) is 19.7 Å². The van der Waals surface area contributed by atoms with Crippen molar-refractivity contribution in [3.63, 3.8) is 0 Å². The lowest BCUT2D eigenvalue weighted by Crippen LogP contribution is -2.41. The van der Waals surface area contributed by atoms with E-state index < -0.39 is 9.71 Å². The molecule has 0 saturated carbocycles. The summed E-state index contributed by atoms with van der Waals surface area (Å²) in [5, 5.41) is 9.71. The van der Waals surface area contributed by atoms with Gasteiger partial charge in [0, 0.05) is 18.0 Å². The van der Waals surface area contributed by atoms with Crippen LogP contribution in [0.5, 0.6) is 0 Å². The van der Waals surface area contributed by atoms with E-state index in [9.17, 15) is 9.32 Å². The molecule has 1 fully saturated rings. The van der Waals surface area contributed by atoms with Crippen molar-refractivity contribution >= 4 is 15.6 Å². The predicted molar refractivity (Wildman–Crippen MR) is 80.9 cm³/mol. The minimum Gasteiger partial charge on any atom is -0.392 e. The van der Waals surface area contributed by atoms with Crippen LogP contribution >= 0.6 is 0 Å². The van der Waals surface area contributed by atoms with Gasteiger partial charge in [-0.1, -0.05) is 26.0 Å². The van der Waals surface area contributed by atoms with Crippen LogP contribution in [0.3, 0.4) is 0 Å². The van der Waals surface area contributed by atoms with Gasteiger partial charge in [-0.25, -0.2) is 8.51 Å². The van der Waals surface area contributed by atoms with Gasteiger partial charge >= 0.3 is 0 Å². The van der Waals surface area contributed by atoms with E-state index in [-0.39, 0.29) is 6.10 Å². The lowest BCUT2D eigenvalue weighted by Gasteiger charge is -2.32. The summed E-state index contributed by atoms with van der Waals surface area (Å²) in [6.07, 6.45) is 1.28. The molecule has 1 aliphatic rings. The van der Waals surface area contributed by atoms with Gasteiger partial charge in [-0.05, 0) is 42.3 Å². The summed E-state index contributed by atoms with van der Waals surface area (Å²) in [6.45, 7) is 5.47. The molecule has 2 atom stereocenters. The van der Waals surface area contributed by atoms with Crippen LogP contribution in [0.25, 0.3) is 0 Å². The molecule has 1 aromatic rings. The van der Waals surface area contributed by atoms with Crippen LogP contribution in [-0.2, 0) is 9.71 Å². The molecule has 4 heteroatoms. The molecule has 0 amide bonds. The quantitative estimate of drug-likeness (QED) is 0.863. The molecule has 2 unspecified atom stereocenters. The van der Waals surface area contributed by atoms with Crippen molar-refractivity contribution in [2.75, 3.05) is 13.1 Å². The summed E-state index contributed by atoms with van der Waals surface area (Å²) >= 11 is 0. The number of rotatable bonds is 3. The summed E-state index contributed by atoms with van der Waals surface area (Å²) in [5.74, 6) is 4.38. The van der Waals surface area contributed by atoms with Crippen LogP contribution in [0.15, 0.2) is 29.2 Å². The maximum atomic E-state index is 12.9. The Kier molecular flexibility index (Phi) is 4.33. The number of hydrogen-bond donors (Lipinski definition) is 1. The topological polar surface area (TPSA) is 40.5 Å². The van der Waals surface area contributed by atoms with Crippen molar-refractivity contribution < 1.29 is 9.32 Å². The Morgan fingerprint density at radius 1 is 1.37 bits per heavy atom. The van der Waals surface area contributed by atoms with Gasteiger partial charge in [0.15, 0.2) is 0 Å². The zero-order valence-corrected chi connectivity index (χ0v) is 12.5. The molecule has 106 valence electrons. The standard InChI is InChI=1S/C15H23NO2S/c1-12(2)13-6-8-15(9-7-13)19(3,18)16-10-4-5-14(17)11-16/h6-9,12,14,17H,3-5,10-11H2,1-2H3. The highest BCUT2D eigenvalue weighted by molar-refractivity contribution is 7.98.